The van der Waals surface area contributed by atoms with Crippen LogP contribution in [0.5, 0.6) is 0 Å². The van der Waals surface area contributed by atoms with Crippen LogP contribution in [0, 0.1) is 6.92 Å². The zero-order chi connectivity index (χ0) is 12.1. The minimum absolute atomic E-state index is 0.0235. The summed E-state index contributed by atoms with van der Waals surface area (Å²) in [5.41, 5.74) is 3.19. The summed E-state index contributed by atoms with van der Waals surface area (Å²) in [6.45, 7) is 2.68. The lowest BCUT2D eigenvalue weighted by Gasteiger charge is -2.12. The van der Waals surface area contributed by atoms with Crippen LogP contribution >= 0.6 is 11.6 Å². The molecule has 1 aromatic heterocycles. The SMILES string of the molecule is Cc1cc(NCC(Cl)c2ccccc2)ccn1. The first-order chi connectivity index (χ1) is 8.25. The van der Waals surface area contributed by atoms with Crippen molar-refractivity contribution in [3.8, 4) is 0 Å². The number of aryl methyl sites for hydroxylation is 1. The van der Waals surface area contributed by atoms with Crippen molar-refractivity contribution in [1.29, 1.82) is 0 Å². The number of nitrogens with zero attached hydrogens (tertiary/aromatic N) is 1. The number of pyridine rings is 1. The Balaban J connectivity index is 1.95. The molecule has 3 heteroatoms. The summed E-state index contributed by atoms with van der Waals surface area (Å²) < 4.78 is 0. The lowest BCUT2D eigenvalue weighted by Crippen LogP contribution is -2.08. The molecule has 1 heterocycles. The van der Waals surface area contributed by atoms with E-state index in [-0.39, 0.29) is 5.38 Å². The molecule has 0 saturated heterocycles. The molecular weight excluding hydrogens is 232 g/mol. The summed E-state index contributed by atoms with van der Waals surface area (Å²) >= 11 is 6.32. The van der Waals surface area contributed by atoms with E-state index >= 15 is 0 Å². The zero-order valence-electron chi connectivity index (χ0n) is 9.73. The average Bonchev–Trinajstić information content (AvgIpc) is 2.37. The Bertz CT molecular complexity index is 471. The Labute approximate surface area is 107 Å². The van der Waals surface area contributed by atoms with Crippen molar-refractivity contribution < 1.29 is 0 Å². The van der Waals surface area contributed by atoms with E-state index in [0.29, 0.717) is 6.54 Å². The van der Waals surface area contributed by atoms with E-state index in [4.69, 9.17) is 11.6 Å². The molecule has 1 aromatic carbocycles. The zero-order valence-corrected chi connectivity index (χ0v) is 10.5. The largest absolute Gasteiger partial charge is 0.383 e. The number of alkyl halides is 1. The molecule has 0 fully saturated rings. The van der Waals surface area contributed by atoms with Crippen LogP contribution in [0.3, 0.4) is 0 Å². The Morgan fingerprint density at radius 3 is 2.71 bits per heavy atom. The molecule has 0 saturated carbocycles. The van der Waals surface area contributed by atoms with E-state index in [1.54, 1.807) is 6.20 Å². The summed E-state index contributed by atoms with van der Waals surface area (Å²) in [6, 6.07) is 14.0. The fourth-order valence-corrected chi connectivity index (χ4v) is 1.87. The van der Waals surface area contributed by atoms with Gasteiger partial charge in [-0.1, -0.05) is 30.3 Å². The number of halogens is 1. The van der Waals surface area contributed by atoms with Gasteiger partial charge in [0.1, 0.15) is 0 Å². The smallest absolute Gasteiger partial charge is 0.0757 e. The number of rotatable bonds is 4. The standard InChI is InChI=1S/C14H15ClN2/c1-11-9-13(7-8-16-11)17-10-14(15)12-5-3-2-4-6-12/h2-9,14H,10H2,1H3,(H,16,17). The monoisotopic (exact) mass is 246 g/mol. The number of hydrogen-bond acceptors (Lipinski definition) is 2. The van der Waals surface area contributed by atoms with Crippen LogP contribution in [0.2, 0.25) is 0 Å². The van der Waals surface area contributed by atoms with E-state index in [2.05, 4.69) is 10.3 Å². The highest BCUT2D eigenvalue weighted by atomic mass is 35.5. The fraction of sp³-hybridized carbons (Fsp3) is 0.214. The third-order valence-electron chi connectivity index (χ3n) is 2.54. The predicted octanol–water partition coefficient (Wildman–Crippen LogP) is 3.78. The summed E-state index contributed by atoms with van der Waals surface area (Å²) in [7, 11) is 0. The van der Waals surface area contributed by atoms with Gasteiger partial charge >= 0.3 is 0 Å². The van der Waals surface area contributed by atoms with Crippen molar-refractivity contribution in [2.45, 2.75) is 12.3 Å². The lowest BCUT2D eigenvalue weighted by molar-refractivity contribution is 0.975. The van der Waals surface area contributed by atoms with Gasteiger partial charge in [-0.25, -0.2) is 0 Å². The molecule has 88 valence electrons. The molecule has 1 atom stereocenters. The molecule has 0 aliphatic carbocycles. The molecule has 0 spiro atoms. The predicted molar refractivity (Wildman–Crippen MR) is 72.5 cm³/mol. The second kappa shape index (κ2) is 5.69. The van der Waals surface area contributed by atoms with Crippen molar-refractivity contribution >= 4 is 17.3 Å². The van der Waals surface area contributed by atoms with Gasteiger partial charge in [0.15, 0.2) is 0 Å². The first-order valence-corrected chi connectivity index (χ1v) is 6.05. The van der Waals surface area contributed by atoms with Gasteiger partial charge in [-0.05, 0) is 24.6 Å². The van der Waals surface area contributed by atoms with Gasteiger partial charge in [-0.3, -0.25) is 4.98 Å². The molecule has 17 heavy (non-hydrogen) atoms. The Morgan fingerprint density at radius 2 is 2.00 bits per heavy atom. The molecule has 0 amide bonds. The summed E-state index contributed by atoms with van der Waals surface area (Å²) in [4.78, 5) is 4.15. The van der Waals surface area contributed by atoms with Gasteiger partial charge in [0, 0.05) is 24.1 Å². The number of aromatic nitrogens is 1. The van der Waals surface area contributed by atoms with Gasteiger partial charge in [0.05, 0.1) is 5.38 Å². The summed E-state index contributed by atoms with van der Waals surface area (Å²) in [5.74, 6) is 0. The van der Waals surface area contributed by atoms with Gasteiger partial charge in [-0.2, -0.15) is 0 Å². The van der Waals surface area contributed by atoms with E-state index in [1.807, 2.05) is 49.4 Å². The molecule has 1 N–H and O–H groups in total. The van der Waals surface area contributed by atoms with E-state index in [9.17, 15) is 0 Å². The van der Waals surface area contributed by atoms with Crippen LogP contribution in [0.4, 0.5) is 5.69 Å². The molecule has 2 nitrogen and oxygen atoms in total. The normalized spacial score (nSPS) is 12.1. The number of hydrogen-bond donors (Lipinski definition) is 1. The van der Waals surface area contributed by atoms with Crippen LogP contribution < -0.4 is 5.32 Å². The highest BCUT2D eigenvalue weighted by Crippen LogP contribution is 2.20. The Hall–Kier alpha value is -1.54. The van der Waals surface area contributed by atoms with Crippen LogP contribution in [-0.4, -0.2) is 11.5 Å². The Morgan fingerprint density at radius 1 is 1.24 bits per heavy atom. The highest BCUT2D eigenvalue weighted by Gasteiger charge is 2.06. The topological polar surface area (TPSA) is 24.9 Å². The summed E-state index contributed by atoms with van der Waals surface area (Å²) in [6.07, 6.45) is 1.80. The van der Waals surface area contributed by atoms with E-state index in [1.165, 1.54) is 0 Å². The molecule has 0 radical (unpaired) electrons. The minimum Gasteiger partial charge on any atom is -0.383 e. The molecule has 1 unspecified atom stereocenters. The molecule has 2 aromatic rings. The highest BCUT2D eigenvalue weighted by molar-refractivity contribution is 6.21. The number of nitrogens with one attached hydrogen (secondary N) is 1. The lowest BCUT2D eigenvalue weighted by atomic mass is 10.1. The summed E-state index contributed by atoms with van der Waals surface area (Å²) in [5, 5.41) is 3.29. The van der Waals surface area contributed by atoms with Crippen molar-refractivity contribution in [3.63, 3.8) is 0 Å². The fourth-order valence-electron chi connectivity index (χ4n) is 1.64. The van der Waals surface area contributed by atoms with Crippen molar-refractivity contribution in [2.75, 3.05) is 11.9 Å². The maximum atomic E-state index is 6.32. The average molecular weight is 247 g/mol. The molecule has 0 aliphatic heterocycles. The quantitative estimate of drug-likeness (QED) is 0.831. The minimum atomic E-state index is -0.0235. The van der Waals surface area contributed by atoms with Crippen LogP contribution in [0.25, 0.3) is 0 Å². The second-order valence-electron chi connectivity index (χ2n) is 3.95. The molecule has 0 bridgehead atoms. The maximum Gasteiger partial charge on any atom is 0.0757 e. The van der Waals surface area contributed by atoms with Crippen molar-refractivity contribution in [2.24, 2.45) is 0 Å². The van der Waals surface area contributed by atoms with Gasteiger partial charge in [0.2, 0.25) is 0 Å². The first-order valence-electron chi connectivity index (χ1n) is 5.61. The van der Waals surface area contributed by atoms with E-state index < -0.39 is 0 Å². The first kappa shape index (κ1) is 11.9. The molecular formula is C14H15ClN2. The van der Waals surface area contributed by atoms with Crippen LogP contribution in [-0.2, 0) is 0 Å². The van der Waals surface area contributed by atoms with Crippen molar-refractivity contribution in [1.82, 2.24) is 4.98 Å². The third kappa shape index (κ3) is 3.46. The van der Waals surface area contributed by atoms with Gasteiger partial charge < -0.3 is 5.32 Å². The third-order valence-corrected chi connectivity index (χ3v) is 2.95. The van der Waals surface area contributed by atoms with Crippen LogP contribution in [0.15, 0.2) is 48.7 Å². The van der Waals surface area contributed by atoms with E-state index in [0.717, 1.165) is 16.9 Å². The molecule has 0 aliphatic rings. The van der Waals surface area contributed by atoms with Crippen molar-refractivity contribution in [3.05, 3.63) is 59.9 Å². The number of anilines is 1. The van der Waals surface area contributed by atoms with Gasteiger partial charge in [-0.15, -0.1) is 11.6 Å². The maximum absolute atomic E-state index is 6.32. The van der Waals surface area contributed by atoms with Crippen LogP contribution in [0.1, 0.15) is 16.6 Å². The second-order valence-corrected chi connectivity index (χ2v) is 4.47. The Kier molecular flexibility index (Phi) is 3.99. The number of benzene rings is 1. The molecule has 2 rings (SSSR count). The van der Waals surface area contributed by atoms with Gasteiger partial charge in [0.25, 0.3) is 0 Å².